The molecule has 124 valence electrons. The summed E-state index contributed by atoms with van der Waals surface area (Å²) in [5, 5.41) is 8.82. The summed E-state index contributed by atoms with van der Waals surface area (Å²) in [5.74, 6) is 1.62. The van der Waals surface area contributed by atoms with Crippen molar-refractivity contribution >= 4 is 23.4 Å². The molecule has 0 saturated carbocycles. The molecule has 0 bridgehead atoms. The first-order valence-corrected chi connectivity index (χ1v) is 9.19. The van der Waals surface area contributed by atoms with Gasteiger partial charge in [-0.15, -0.1) is 5.10 Å². The molecule has 1 aromatic heterocycles. The second-order valence-corrected chi connectivity index (χ2v) is 8.09. The van der Waals surface area contributed by atoms with Crippen LogP contribution < -0.4 is 0 Å². The van der Waals surface area contributed by atoms with E-state index in [-0.39, 0.29) is 5.41 Å². The zero-order valence-corrected chi connectivity index (χ0v) is 15.6. The molecule has 1 N–H and O–H groups in total. The summed E-state index contributed by atoms with van der Waals surface area (Å²) in [6.07, 6.45) is 0. The highest BCUT2D eigenvalue weighted by Crippen LogP contribution is 2.26. The molecule has 0 radical (unpaired) electrons. The molecule has 0 aliphatic rings. The van der Waals surface area contributed by atoms with Gasteiger partial charge in [0, 0.05) is 16.3 Å². The van der Waals surface area contributed by atoms with Crippen LogP contribution in [-0.2, 0) is 11.2 Å². The molecule has 3 rings (SSSR count). The molecule has 3 aromatic rings. The second kappa shape index (κ2) is 6.99. The lowest BCUT2D eigenvalue weighted by Gasteiger charge is -2.18. The minimum atomic E-state index is 0.152. The molecule has 0 atom stereocenters. The smallest absolute Gasteiger partial charge is 0.209 e. The number of hydrogen-bond donors (Lipinski definition) is 1. The fourth-order valence-electron chi connectivity index (χ4n) is 2.30. The third-order valence-corrected chi connectivity index (χ3v) is 4.94. The number of rotatable bonds is 4. The normalized spacial score (nSPS) is 11.7. The van der Waals surface area contributed by atoms with Crippen LogP contribution >= 0.6 is 23.4 Å². The highest BCUT2D eigenvalue weighted by Gasteiger charge is 2.14. The first-order valence-electron chi connectivity index (χ1n) is 7.82. The summed E-state index contributed by atoms with van der Waals surface area (Å²) in [6, 6.07) is 16.3. The summed E-state index contributed by atoms with van der Waals surface area (Å²) < 4.78 is 0. The number of halogens is 1. The largest absolute Gasteiger partial charge is 0.258 e. The van der Waals surface area contributed by atoms with Crippen molar-refractivity contribution in [2.45, 2.75) is 37.1 Å². The first kappa shape index (κ1) is 17.1. The van der Waals surface area contributed by atoms with Crippen molar-refractivity contribution in [3.05, 3.63) is 64.7 Å². The van der Waals surface area contributed by atoms with Crippen LogP contribution in [0.15, 0.2) is 53.7 Å². The average molecular weight is 358 g/mol. The molecule has 24 heavy (non-hydrogen) atoms. The van der Waals surface area contributed by atoms with E-state index in [2.05, 4.69) is 60.2 Å². The lowest BCUT2D eigenvalue weighted by Crippen LogP contribution is -2.10. The van der Waals surface area contributed by atoms with Gasteiger partial charge in [0.15, 0.2) is 5.82 Å². The molecule has 2 aromatic carbocycles. The van der Waals surface area contributed by atoms with Crippen molar-refractivity contribution < 1.29 is 0 Å². The molecule has 1 heterocycles. The van der Waals surface area contributed by atoms with Gasteiger partial charge in [0.2, 0.25) is 5.16 Å². The van der Waals surface area contributed by atoms with E-state index in [0.29, 0.717) is 0 Å². The molecular weight excluding hydrogens is 338 g/mol. The number of nitrogens with one attached hydrogen (secondary N) is 1. The van der Waals surface area contributed by atoms with Crippen LogP contribution in [0.2, 0.25) is 5.02 Å². The number of hydrogen-bond acceptors (Lipinski definition) is 3. The number of H-pyrrole nitrogens is 1. The fraction of sp³-hybridized carbons (Fsp3) is 0.263. The van der Waals surface area contributed by atoms with Crippen molar-refractivity contribution in [3.8, 4) is 11.4 Å². The molecule has 0 aliphatic heterocycles. The number of nitrogens with zero attached hydrogens (tertiary/aromatic N) is 2. The Morgan fingerprint density at radius 3 is 2.29 bits per heavy atom. The van der Waals surface area contributed by atoms with Crippen LogP contribution in [0, 0.1) is 0 Å². The quantitative estimate of drug-likeness (QED) is 0.607. The highest BCUT2D eigenvalue weighted by atomic mass is 35.5. The van der Waals surface area contributed by atoms with Crippen molar-refractivity contribution in [2.75, 3.05) is 0 Å². The minimum Gasteiger partial charge on any atom is -0.258 e. The summed E-state index contributed by atoms with van der Waals surface area (Å²) >= 11 is 7.51. The number of aromatic amines is 1. The summed E-state index contributed by atoms with van der Waals surface area (Å²) in [7, 11) is 0. The van der Waals surface area contributed by atoms with Crippen molar-refractivity contribution in [1.82, 2.24) is 15.2 Å². The number of thioether (sulfide) groups is 1. The maximum Gasteiger partial charge on any atom is 0.209 e. The molecular formula is C19H20ClN3S. The molecule has 5 heteroatoms. The Morgan fingerprint density at radius 1 is 1.00 bits per heavy atom. The highest BCUT2D eigenvalue weighted by molar-refractivity contribution is 7.98. The van der Waals surface area contributed by atoms with E-state index in [0.717, 1.165) is 27.3 Å². The minimum absolute atomic E-state index is 0.152. The van der Waals surface area contributed by atoms with Crippen LogP contribution in [0.5, 0.6) is 0 Å². The van der Waals surface area contributed by atoms with Crippen molar-refractivity contribution in [2.24, 2.45) is 0 Å². The lowest BCUT2D eigenvalue weighted by atomic mass is 9.87. The molecule has 0 unspecified atom stereocenters. The van der Waals surface area contributed by atoms with Crippen LogP contribution in [-0.4, -0.2) is 15.2 Å². The molecule has 0 aliphatic carbocycles. The van der Waals surface area contributed by atoms with Gasteiger partial charge >= 0.3 is 0 Å². The van der Waals surface area contributed by atoms with Crippen LogP contribution in [0.1, 0.15) is 31.9 Å². The molecule has 3 nitrogen and oxygen atoms in total. The third kappa shape index (κ3) is 4.19. The topological polar surface area (TPSA) is 41.6 Å². The van der Waals surface area contributed by atoms with Gasteiger partial charge in [-0.3, -0.25) is 5.10 Å². The maximum absolute atomic E-state index is 5.90. The van der Waals surface area contributed by atoms with E-state index in [1.165, 1.54) is 11.1 Å². The van der Waals surface area contributed by atoms with Gasteiger partial charge in [-0.05, 0) is 28.7 Å². The van der Waals surface area contributed by atoms with Gasteiger partial charge in [0.05, 0.1) is 0 Å². The molecule has 0 spiro atoms. The summed E-state index contributed by atoms with van der Waals surface area (Å²) in [5.41, 5.74) is 3.71. The van der Waals surface area contributed by atoms with Crippen LogP contribution in [0.4, 0.5) is 0 Å². The Balaban J connectivity index is 1.68. The van der Waals surface area contributed by atoms with E-state index >= 15 is 0 Å². The maximum atomic E-state index is 5.90. The lowest BCUT2D eigenvalue weighted by molar-refractivity contribution is 0.590. The van der Waals surface area contributed by atoms with Gasteiger partial charge in [-0.2, -0.15) is 0 Å². The van der Waals surface area contributed by atoms with E-state index in [9.17, 15) is 0 Å². The van der Waals surface area contributed by atoms with Crippen molar-refractivity contribution in [3.63, 3.8) is 0 Å². The monoisotopic (exact) mass is 357 g/mol. The van der Waals surface area contributed by atoms with Crippen molar-refractivity contribution in [1.29, 1.82) is 0 Å². The molecule has 0 fully saturated rings. The van der Waals surface area contributed by atoms with Gasteiger partial charge in [-0.25, -0.2) is 4.98 Å². The SMILES string of the molecule is CC(C)(C)c1ccc(-c2nc(SCc3ccc(Cl)cc3)n[nH]2)cc1. The zero-order valence-electron chi connectivity index (χ0n) is 14.0. The fourth-order valence-corrected chi connectivity index (χ4v) is 3.18. The van der Waals surface area contributed by atoms with Gasteiger partial charge < -0.3 is 0 Å². The second-order valence-electron chi connectivity index (χ2n) is 6.71. The average Bonchev–Trinajstić information content (AvgIpc) is 3.03. The third-order valence-electron chi connectivity index (χ3n) is 3.77. The Labute approximate surface area is 151 Å². The summed E-state index contributed by atoms with van der Waals surface area (Å²) in [6.45, 7) is 6.63. The zero-order chi connectivity index (χ0) is 17.2. The van der Waals surface area contributed by atoms with Crippen LogP contribution in [0.3, 0.4) is 0 Å². The predicted octanol–water partition coefficient (Wildman–Crippen LogP) is 5.71. The number of benzene rings is 2. The van der Waals surface area contributed by atoms with E-state index in [1.807, 2.05) is 24.3 Å². The predicted molar refractivity (Wildman–Crippen MR) is 102 cm³/mol. The Kier molecular flexibility index (Phi) is 4.97. The van der Waals surface area contributed by atoms with E-state index < -0.39 is 0 Å². The Bertz CT molecular complexity index is 802. The van der Waals surface area contributed by atoms with Gasteiger partial charge in [0.1, 0.15) is 0 Å². The Morgan fingerprint density at radius 2 is 1.67 bits per heavy atom. The molecule has 0 saturated heterocycles. The molecule has 0 amide bonds. The standard InChI is InChI=1S/C19H20ClN3S/c1-19(2,3)15-8-6-14(7-9-15)17-21-18(23-22-17)24-12-13-4-10-16(20)11-5-13/h4-11H,12H2,1-3H3,(H,21,22,23). The Hall–Kier alpha value is -1.78. The summed E-state index contributed by atoms with van der Waals surface area (Å²) in [4.78, 5) is 4.58. The first-order chi connectivity index (χ1) is 11.4. The van der Waals surface area contributed by atoms with E-state index in [4.69, 9.17) is 11.6 Å². The van der Waals surface area contributed by atoms with Gasteiger partial charge in [-0.1, -0.05) is 80.5 Å². The van der Waals surface area contributed by atoms with Crippen LogP contribution in [0.25, 0.3) is 11.4 Å². The van der Waals surface area contributed by atoms with E-state index in [1.54, 1.807) is 11.8 Å². The number of aromatic nitrogens is 3. The van der Waals surface area contributed by atoms with Gasteiger partial charge in [0.25, 0.3) is 0 Å².